The van der Waals surface area contributed by atoms with Crippen molar-refractivity contribution in [2.24, 2.45) is 29.1 Å². The molecule has 3 fully saturated rings. The van der Waals surface area contributed by atoms with Gasteiger partial charge in [0.2, 0.25) is 23.6 Å². The van der Waals surface area contributed by atoms with Crippen molar-refractivity contribution in [3.05, 3.63) is 138 Å². The van der Waals surface area contributed by atoms with Crippen molar-refractivity contribution < 1.29 is 33.8 Å². The average Bonchev–Trinajstić information content (AvgIpc) is 3.60. The number of methoxy groups -OCH3 is 2. The lowest BCUT2D eigenvalue weighted by molar-refractivity contribution is -0.131. The van der Waals surface area contributed by atoms with Gasteiger partial charge in [-0.3, -0.25) is 24.1 Å². The monoisotopic (exact) mass is 744 g/mol. The summed E-state index contributed by atoms with van der Waals surface area (Å²) in [5.41, 5.74) is 2.75. The minimum Gasteiger partial charge on any atom is -0.508 e. The number of hydrogen-bond donors (Lipinski definition) is 1. The fraction of sp³-hybridized carbons (Fsp3) is 0.234. The molecule has 4 aliphatic rings. The Labute approximate surface area is 324 Å². The minimum atomic E-state index is -1.27. The predicted octanol–water partition coefficient (Wildman–Crippen LogP) is 8.17. The Kier molecular flexibility index (Phi) is 8.41. The summed E-state index contributed by atoms with van der Waals surface area (Å²) < 4.78 is 10.9. The van der Waals surface area contributed by atoms with E-state index in [0.717, 1.165) is 27.5 Å². The number of carbonyl (C=O) groups excluding carboxylic acids is 4. The molecule has 2 aliphatic carbocycles. The Morgan fingerprint density at radius 3 is 2.21 bits per heavy atom. The molecule has 0 aromatic heterocycles. The molecule has 2 heterocycles. The number of allylic oxidation sites excluding steroid dienone is 2. The highest BCUT2D eigenvalue weighted by atomic mass is 16.5. The molecular weight excluding hydrogens is 705 g/mol. The van der Waals surface area contributed by atoms with Gasteiger partial charge in [-0.1, -0.05) is 84.5 Å². The van der Waals surface area contributed by atoms with E-state index in [1.165, 1.54) is 9.80 Å². The summed E-state index contributed by atoms with van der Waals surface area (Å²) in [6.45, 7) is 1.84. The van der Waals surface area contributed by atoms with Gasteiger partial charge in [0.05, 0.1) is 48.8 Å². The maximum Gasteiger partial charge on any atom is 0.241 e. The van der Waals surface area contributed by atoms with E-state index in [2.05, 4.69) is 0 Å². The van der Waals surface area contributed by atoms with Gasteiger partial charge in [-0.2, -0.15) is 0 Å². The molecule has 1 saturated carbocycles. The largest absolute Gasteiger partial charge is 0.508 e. The molecule has 9 nitrogen and oxygen atoms in total. The molecule has 9 heteroatoms. The zero-order valence-electron chi connectivity index (χ0n) is 31.2. The maximum atomic E-state index is 14.8. The Morgan fingerprint density at radius 2 is 1.46 bits per heavy atom. The second-order valence-corrected chi connectivity index (χ2v) is 15.3. The first kappa shape index (κ1) is 35.2. The first-order valence-electron chi connectivity index (χ1n) is 18.9. The van der Waals surface area contributed by atoms with E-state index in [9.17, 15) is 24.3 Å². The van der Waals surface area contributed by atoms with Gasteiger partial charge in [0.25, 0.3) is 0 Å². The van der Waals surface area contributed by atoms with Gasteiger partial charge < -0.3 is 14.6 Å². The number of aromatic hydroxyl groups is 1. The predicted molar refractivity (Wildman–Crippen MR) is 214 cm³/mol. The van der Waals surface area contributed by atoms with Crippen molar-refractivity contribution in [1.82, 2.24) is 0 Å². The van der Waals surface area contributed by atoms with Crippen LogP contribution in [0.2, 0.25) is 0 Å². The highest BCUT2D eigenvalue weighted by Crippen LogP contribution is 2.65. The van der Waals surface area contributed by atoms with Gasteiger partial charge in [-0.05, 0) is 90.6 Å². The van der Waals surface area contributed by atoms with Crippen LogP contribution < -0.4 is 19.3 Å². The van der Waals surface area contributed by atoms with Crippen molar-refractivity contribution in [1.29, 1.82) is 0 Å². The molecule has 6 unspecified atom stereocenters. The number of fused-ring (bicyclic) bond motifs is 5. The fourth-order valence-corrected chi connectivity index (χ4v) is 9.88. The van der Waals surface area contributed by atoms with Crippen molar-refractivity contribution >= 4 is 57.9 Å². The highest BCUT2D eigenvalue weighted by molar-refractivity contribution is 6.25. The molecule has 280 valence electrons. The molecule has 5 aromatic carbocycles. The number of phenols is 1. The second-order valence-electron chi connectivity index (χ2n) is 15.3. The maximum absolute atomic E-state index is 14.8. The molecule has 5 aromatic rings. The molecule has 56 heavy (non-hydrogen) atoms. The van der Waals surface area contributed by atoms with Crippen LogP contribution in [0.5, 0.6) is 17.2 Å². The average molecular weight is 745 g/mol. The number of para-hydroxylation sites is 1. The number of anilines is 2. The number of rotatable bonds is 7. The van der Waals surface area contributed by atoms with Crippen LogP contribution in [0.25, 0.3) is 22.9 Å². The van der Waals surface area contributed by atoms with Crippen LogP contribution in [-0.4, -0.2) is 43.0 Å². The van der Waals surface area contributed by atoms with Crippen molar-refractivity contribution in [2.75, 3.05) is 24.0 Å². The lowest BCUT2D eigenvalue weighted by Gasteiger charge is -2.49. The van der Waals surface area contributed by atoms with Gasteiger partial charge in [-0.25, -0.2) is 4.90 Å². The van der Waals surface area contributed by atoms with Gasteiger partial charge in [0.1, 0.15) is 17.2 Å². The van der Waals surface area contributed by atoms with Crippen LogP contribution >= 0.6 is 0 Å². The lowest BCUT2D eigenvalue weighted by Crippen LogP contribution is -2.49. The van der Waals surface area contributed by atoms with Crippen molar-refractivity contribution in [3.8, 4) is 17.2 Å². The molecule has 0 spiro atoms. The molecule has 6 atom stereocenters. The zero-order chi connectivity index (χ0) is 38.9. The standard InChI is InChI=1S/C47H40N2O7/c1-47-37(44(52)49(46(47)54)30-10-5-4-6-11-30)26-36-34(42(47)41-33-12-8-7-9-28(33)17-23-38(41)50)21-22-35-40(36)45(53)48(43(35)51)31-18-14-27(15-19-31)13-16-29-25-32(55-2)20-24-39(29)56-3/h4-21,23-25,35-37,40,42,50H,22,26H2,1-3H3. The molecule has 4 amide bonds. The highest BCUT2D eigenvalue weighted by Gasteiger charge is 2.68. The van der Waals surface area contributed by atoms with E-state index < -0.39 is 35.0 Å². The number of benzene rings is 5. The normalized spacial score (nSPS) is 25.7. The van der Waals surface area contributed by atoms with Gasteiger partial charge in [0.15, 0.2) is 0 Å². The van der Waals surface area contributed by atoms with Crippen LogP contribution in [-0.2, 0) is 19.2 Å². The first-order chi connectivity index (χ1) is 27.1. The molecule has 1 N–H and O–H groups in total. The molecule has 0 bridgehead atoms. The third kappa shape index (κ3) is 5.21. The minimum absolute atomic E-state index is 0.0187. The van der Waals surface area contributed by atoms with Crippen LogP contribution in [0.1, 0.15) is 42.4 Å². The number of nitrogens with zero attached hydrogens (tertiary/aromatic N) is 2. The van der Waals surface area contributed by atoms with E-state index in [0.29, 0.717) is 34.9 Å². The Morgan fingerprint density at radius 1 is 0.732 bits per heavy atom. The molecule has 9 rings (SSSR count). The lowest BCUT2D eigenvalue weighted by atomic mass is 9.51. The van der Waals surface area contributed by atoms with Gasteiger partial charge in [-0.15, -0.1) is 0 Å². The van der Waals surface area contributed by atoms with E-state index in [-0.39, 0.29) is 35.8 Å². The summed E-state index contributed by atoms with van der Waals surface area (Å²) in [6, 6.07) is 32.9. The van der Waals surface area contributed by atoms with Crippen LogP contribution in [0.15, 0.2) is 121 Å². The Bertz CT molecular complexity index is 2510. The fourth-order valence-electron chi connectivity index (χ4n) is 9.88. The SMILES string of the molecule is COc1ccc(OC)c(C=Cc2ccc(N3C(=O)C4CC=C5C(CC6C(=O)N(c7ccccc7)C(=O)C6(C)C5c5c(O)ccc6ccccc56)C4C3=O)cc2)c1. The van der Waals surface area contributed by atoms with E-state index in [4.69, 9.17) is 9.47 Å². The zero-order valence-corrected chi connectivity index (χ0v) is 31.2. The van der Waals surface area contributed by atoms with Crippen molar-refractivity contribution in [2.45, 2.75) is 25.7 Å². The van der Waals surface area contributed by atoms with E-state index >= 15 is 0 Å². The molecule has 0 radical (unpaired) electrons. The van der Waals surface area contributed by atoms with Crippen LogP contribution in [0.3, 0.4) is 0 Å². The molecule has 2 saturated heterocycles. The molecular formula is C47H40N2O7. The summed E-state index contributed by atoms with van der Waals surface area (Å²) in [4.78, 5) is 60.9. The number of ether oxygens (including phenoxy) is 2. The topological polar surface area (TPSA) is 113 Å². The number of imide groups is 2. The summed E-state index contributed by atoms with van der Waals surface area (Å²) >= 11 is 0. The second kappa shape index (κ2) is 13.4. The number of carbonyl (C=O) groups is 4. The van der Waals surface area contributed by atoms with Gasteiger partial charge >= 0.3 is 0 Å². The number of amides is 4. The quantitative estimate of drug-likeness (QED) is 0.102. The van der Waals surface area contributed by atoms with Crippen LogP contribution in [0, 0.1) is 29.1 Å². The van der Waals surface area contributed by atoms with Gasteiger partial charge in [0, 0.05) is 17.0 Å². The summed E-state index contributed by atoms with van der Waals surface area (Å²) in [5.74, 6) is -3.26. The number of hydrogen-bond acceptors (Lipinski definition) is 7. The van der Waals surface area contributed by atoms with E-state index in [1.54, 1.807) is 56.7 Å². The number of phenolic OH excluding ortho intramolecular Hbond substituents is 1. The Balaban J connectivity index is 1.09. The summed E-state index contributed by atoms with van der Waals surface area (Å²) in [5, 5.41) is 13.3. The smallest absolute Gasteiger partial charge is 0.241 e. The summed E-state index contributed by atoms with van der Waals surface area (Å²) in [6.07, 6.45) is 6.37. The van der Waals surface area contributed by atoms with Crippen LogP contribution in [0.4, 0.5) is 11.4 Å². The summed E-state index contributed by atoms with van der Waals surface area (Å²) in [7, 11) is 3.22. The van der Waals surface area contributed by atoms with Crippen molar-refractivity contribution in [3.63, 3.8) is 0 Å². The first-order valence-corrected chi connectivity index (χ1v) is 18.9. The van der Waals surface area contributed by atoms with E-state index in [1.807, 2.05) is 91.9 Å². The molecule has 2 aliphatic heterocycles. The Hall–Kier alpha value is -6.48. The third-order valence-electron chi connectivity index (χ3n) is 12.6. The third-order valence-corrected chi connectivity index (χ3v) is 12.6.